The second kappa shape index (κ2) is 10.1. The first-order valence-corrected chi connectivity index (χ1v) is 12.7. The van der Waals surface area contributed by atoms with E-state index in [1.807, 2.05) is 24.3 Å². The zero-order chi connectivity index (χ0) is 24.4. The highest BCUT2D eigenvalue weighted by molar-refractivity contribution is 5.81. The Hall–Kier alpha value is -3.35. The molecule has 4 atom stereocenters. The number of aliphatic carboxylic acids is 1. The van der Waals surface area contributed by atoms with Crippen LogP contribution in [0.1, 0.15) is 62.0 Å². The molecule has 2 unspecified atom stereocenters. The van der Waals surface area contributed by atoms with Crippen LogP contribution < -0.4 is 10.6 Å². The molecule has 0 heterocycles. The van der Waals surface area contributed by atoms with E-state index in [0.717, 1.165) is 36.8 Å². The van der Waals surface area contributed by atoms with E-state index >= 15 is 0 Å². The van der Waals surface area contributed by atoms with E-state index in [1.54, 1.807) is 0 Å². The van der Waals surface area contributed by atoms with Crippen molar-refractivity contribution in [2.75, 3.05) is 6.61 Å². The monoisotopic (exact) mass is 476 g/mol. The summed E-state index contributed by atoms with van der Waals surface area (Å²) < 4.78 is 5.67. The predicted molar refractivity (Wildman–Crippen MR) is 131 cm³/mol. The average Bonchev–Trinajstić information content (AvgIpc) is 3.45. The standard InChI is InChI=1S/C28H32N2O5/c31-26(29-18-8-5-7-17(15-18)27(32)33)23-13-6-14-25(23)30-28(34)35-16-24-21-11-3-1-9-19(21)20-10-2-4-12-22(20)24/h1-4,9-12,17-18,23-25H,5-8,13-16H2,(H,29,31)(H,30,34)(H,32,33)/t17?,18?,23-,25+/m0/s1. The zero-order valence-electron chi connectivity index (χ0n) is 19.7. The fourth-order valence-corrected chi connectivity index (χ4v) is 6.09. The van der Waals surface area contributed by atoms with Crippen molar-refractivity contribution in [2.45, 2.75) is 62.9 Å². The van der Waals surface area contributed by atoms with Crippen molar-refractivity contribution in [2.24, 2.45) is 11.8 Å². The third kappa shape index (κ3) is 4.90. The summed E-state index contributed by atoms with van der Waals surface area (Å²) in [7, 11) is 0. The lowest BCUT2D eigenvalue weighted by Crippen LogP contribution is -2.48. The van der Waals surface area contributed by atoms with Crippen molar-refractivity contribution in [1.29, 1.82) is 0 Å². The highest BCUT2D eigenvalue weighted by Crippen LogP contribution is 2.44. The minimum Gasteiger partial charge on any atom is -0.481 e. The van der Waals surface area contributed by atoms with Gasteiger partial charge in [-0.2, -0.15) is 0 Å². The fourth-order valence-electron chi connectivity index (χ4n) is 6.09. The predicted octanol–water partition coefficient (Wildman–Crippen LogP) is 4.45. The molecule has 2 saturated carbocycles. The molecule has 35 heavy (non-hydrogen) atoms. The molecular weight excluding hydrogens is 444 g/mol. The molecule has 0 bridgehead atoms. The van der Waals surface area contributed by atoms with Crippen LogP contribution in [0, 0.1) is 11.8 Å². The van der Waals surface area contributed by atoms with Crippen molar-refractivity contribution in [3.05, 3.63) is 59.7 Å². The molecule has 0 aromatic heterocycles. The summed E-state index contributed by atoms with van der Waals surface area (Å²) in [6, 6.07) is 16.0. The normalized spacial score (nSPS) is 25.4. The van der Waals surface area contributed by atoms with Gasteiger partial charge in [-0.05, 0) is 54.4 Å². The quantitative estimate of drug-likeness (QED) is 0.571. The highest BCUT2D eigenvalue weighted by atomic mass is 16.5. The summed E-state index contributed by atoms with van der Waals surface area (Å²) in [4.78, 5) is 37.0. The largest absolute Gasteiger partial charge is 0.481 e. The lowest BCUT2D eigenvalue weighted by atomic mass is 9.85. The van der Waals surface area contributed by atoms with Crippen LogP contribution in [0.4, 0.5) is 4.79 Å². The number of alkyl carbamates (subject to hydrolysis) is 1. The van der Waals surface area contributed by atoms with E-state index < -0.39 is 18.0 Å². The van der Waals surface area contributed by atoms with Gasteiger partial charge in [0, 0.05) is 18.0 Å². The molecule has 184 valence electrons. The van der Waals surface area contributed by atoms with Gasteiger partial charge in [0.05, 0.1) is 11.8 Å². The Labute approximate surface area is 205 Å². The second-order valence-corrected chi connectivity index (χ2v) is 10.0. The van der Waals surface area contributed by atoms with E-state index in [2.05, 4.69) is 34.9 Å². The maximum absolute atomic E-state index is 13.0. The average molecular weight is 477 g/mol. The van der Waals surface area contributed by atoms with Crippen molar-refractivity contribution < 1.29 is 24.2 Å². The van der Waals surface area contributed by atoms with E-state index in [4.69, 9.17) is 4.74 Å². The summed E-state index contributed by atoms with van der Waals surface area (Å²) in [6.07, 6.45) is 4.52. The van der Waals surface area contributed by atoms with Crippen LogP contribution in [0.25, 0.3) is 11.1 Å². The van der Waals surface area contributed by atoms with Crippen molar-refractivity contribution >= 4 is 18.0 Å². The SMILES string of the molecule is O=C(N[C@@H]1CCC[C@@H]1C(=O)NC1CCCC(C(=O)O)C1)OCC1c2ccccc2-c2ccccc21. The van der Waals surface area contributed by atoms with E-state index in [9.17, 15) is 19.5 Å². The Bertz CT molecular complexity index is 1070. The summed E-state index contributed by atoms with van der Waals surface area (Å²) in [6.45, 7) is 0.238. The number of hydrogen-bond acceptors (Lipinski definition) is 4. The van der Waals surface area contributed by atoms with Crippen LogP contribution in [0.15, 0.2) is 48.5 Å². The summed E-state index contributed by atoms with van der Waals surface area (Å²) in [5, 5.41) is 15.3. The molecule has 3 aliphatic carbocycles. The molecule has 0 aliphatic heterocycles. The first-order valence-electron chi connectivity index (χ1n) is 12.7. The number of carbonyl (C=O) groups is 3. The van der Waals surface area contributed by atoms with Gasteiger partial charge < -0.3 is 20.5 Å². The Balaban J connectivity index is 1.17. The molecule has 7 nitrogen and oxygen atoms in total. The number of hydrogen-bond donors (Lipinski definition) is 3. The van der Waals surface area contributed by atoms with Crippen LogP contribution >= 0.6 is 0 Å². The molecule has 0 saturated heterocycles. The van der Waals surface area contributed by atoms with Gasteiger partial charge >= 0.3 is 12.1 Å². The van der Waals surface area contributed by atoms with Crippen LogP contribution in [-0.4, -0.2) is 41.8 Å². The molecule has 0 spiro atoms. The molecule has 2 fully saturated rings. The number of benzene rings is 2. The Morgan fingerprint density at radius 2 is 1.51 bits per heavy atom. The number of fused-ring (bicyclic) bond motifs is 3. The summed E-state index contributed by atoms with van der Waals surface area (Å²) in [5.41, 5.74) is 4.67. The summed E-state index contributed by atoms with van der Waals surface area (Å²) >= 11 is 0. The number of nitrogens with one attached hydrogen (secondary N) is 2. The van der Waals surface area contributed by atoms with Gasteiger partial charge in [0.1, 0.15) is 6.61 Å². The van der Waals surface area contributed by atoms with Crippen LogP contribution in [0.2, 0.25) is 0 Å². The molecule has 2 aromatic rings. The van der Waals surface area contributed by atoms with E-state index in [1.165, 1.54) is 11.1 Å². The van der Waals surface area contributed by atoms with E-state index in [0.29, 0.717) is 19.3 Å². The Kier molecular flexibility index (Phi) is 6.75. The van der Waals surface area contributed by atoms with Gasteiger partial charge in [0.2, 0.25) is 5.91 Å². The Morgan fingerprint density at radius 3 is 2.20 bits per heavy atom. The number of ether oxygens (including phenoxy) is 1. The third-order valence-electron chi connectivity index (χ3n) is 7.87. The van der Waals surface area contributed by atoms with E-state index in [-0.39, 0.29) is 36.4 Å². The topological polar surface area (TPSA) is 105 Å². The second-order valence-electron chi connectivity index (χ2n) is 10.0. The van der Waals surface area contributed by atoms with Crippen LogP contribution in [0.5, 0.6) is 0 Å². The van der Waals surface area contributed by atoms with Gasteiger partial charge in [0.15, 0.2) is 0 Å². The Morgan fingerprint density at radius 1 is 0.857 bits per heavy atom. The van der Waals surface area contributed by atoms with Crippen molar-refractivity contribution in [3.63, 3.8) is 0 Å². The van der Waals surface area contributed by atoms with Crippen molar-refractivity contribution in [3.8, 4) is 11.1 Å². The number of amides is 2. The molecule has 3 aliphatic rings. The van der Waals surface area contributed by atoms with Gasteiger partial charge in [-0.1, -0.05) is 61.4 Å². The lowest BCUT2D eigenvalue weighted by molar-refractivity contribution is -0.143. The molecule has 5 rings (SSSR count). The summed E-state index contributed by atoms with van der Waals surface area (Å²) in [5.74, 6) is -1.61. The minimum atomic E-state index is -0.792. The highest BCUT2D eigenvalue weighted by Gasteiger charge is 2.37. The first kappa shape index (κ1) is 23.4. The molecular formula is C28H32N2O5. The number of carboxylic acids is 1. The third-order valence-corrected chi connectivity index (χ3v) is 7.87. The first-order chi connectivity index (χ1) is 17.0. The number of carbonyl (C=O) groups excluding carboxylic acids is 2. The number of carboxylic acid groups (broad SMARTS) is 1. The molecule has 2 amide bonds. The smallest absolute Gasteiger partial charge is 0.407 e. The van der Waals surface area contributed by atoms with Gasteiger partial charge in [-0.25, -0.2) is 4.79 Å². The van der Waals surface area contributed by atoms with Crippen LogP contribution in [-0.2, 0) is 14.3 Å². The van der Waals surface area contributed by atoms with Gasteiger partial charge in [0.25, 0.3) is 0 Å². The van der Waals surface area contributed by atoms with Gasteiger partial charge in [-0.3, -0.25) is 9.59 Å². The fraction of sp³-hybridized carbons (Fsp3) is 0.464. The lowest BCUT2D eigenvalue weighted by Gasteiger charge is -2.29. The maximum atomic E-state index is 13.0. The number of rotatable bonds is 6. The minimum absolute atomic E-state index is 0.00990. The molecule has 7 heteroatoms. The maximum Gasteiger partial charge on any atom is 0.407 e. The van der Waals surface area contributed by atoms with Crippen molar-refractivity contribution in [1.82, 2.24) is 10.6 Å². The molecule has 2 aromatic carbocycles. The molecule has 3 N–H and O–H groups in total. The van der Waals surface area contributed by atoms with Crippen LogP contribution in [0.3, 0.4) is 0 Å². The van der Waals surface area contributed by atoms with Gasteiger partial charge in [-0.15, -0.1) is 0 Å². The molecule has 0 radical (unpaired) electrons. The zero-order valence-corrected chi connectivity index (χ0v) is 19.7.